The Hall–Kier alpha value is -4.86. The van der Waals surface area contributed by atoms with Crippen molar-refractivity contribution in [3.8, 4) is 22.4 Å². The predicted octanol–water partition coefficient (Wildman–Crippen LogP) is 9.16. The second-order valence-electron chi connectivity index (χ2n) is 15.5. The molecule has 0 saturated carbocycles. The second kappa shape index (κ2) is 12.2. The van der Waals surface area contributed by atoms with Gasteiger partial charge in [0.1, 0.15) is 22.9 Å². The summed E-state index contributed by atoms with van der Waals surface area (Å²) in [5.41, 5.74) is 4.86. The summed E-state index contributed by atoms with van der Waals surface area (Å²) in [6, 6.07) is 18.9. The standard InChI is InChI=1S/C39H46N6O4/c1-23-16-18-45(37(47)49-39(5,6)7)33(23)35-40-22-31(43-35)28-13-12-24-19-25(10-11-26(24)20-28)27-14-15-29-30(21-27)42-34(41-29)32-9-8-17-44(32)36(46)48-38(2,3)4/h10-15,19-23,32-33H,8-9,16-18H2,1-7H3,(H,40,43)(H,41,42)/t23-,32+,33+/m1/s1. The van der Waals surface area contributed by atoms with Crippen molar-refractivity contribution >= 4 is 34.0 Å². The Morgan fingerprint density at radius 1 is 0.755 bits per heavy atom. The first-order valence-corrected chi connectivity index (χ1v) is 17.3. The fourth-order valence-corrected chi connectivity index (χ4v) is 7.07. The Morgan fingerprint density at radius 2 is 1.39 bits per heavy atom. The van der Waals surface area contributed by atoms with Gasteiger partial charge < -0.3 is 19.4 Å². The van der Waals surface area contributed by atoms with Gasteiger partial charge in [0, 0.05) is 18.7 Å². The van der Waals surface area contributed by atoms with Gasteiger partial charge in [-0.2, -0.15) is 0 Å². The minimum Gasteiger partial charge on any atom is -0.444 e. The number of hydrogen-bond donors (Lipinski definition) is 2. The number of imidazole rings is 2. The molecule has 3 atom stereocenters. The van der Waals surface area contributed by atoms with Crippen LogP contribution in [0.4, 0.5) is 9.59 Å². The predicted molar refractivity (Wildman–Crippen MR) is 191 cm³/mol. The van der Waals surface area contributed by atoms with Crippen LogP contribution in [0.1, 0.15) is 91.5 Å². The molecule has 0 spiro atoms. The second-order valence-corrected chi connectivity index (χ2v) is 15.5. The number of benzene rings is 3. The van der Waals surface area contributed by atoms with Gasteiger partial charge in [0.2, 0.25) is 0 Å². The highest BCUT2D eigenvalue weighted by Crippen LogP contribution is 2.38. The molecule has 2 N–H and O–H groups in total. The third-order valence-corrected chi connectivity index (χ3v) is 9.38. The molecule has 10 nitrogen and oxygen atoms in total. The van der Waals surface area contributed by atoms with Gasteiger partial charge in [-0.05, 0) is 113 Å². The lowest BCUT2D eigenvalue weighted by Crippen LogP contribution is -2.37. The Kier molecular flexibility index (Phi) is 8.16. The van der Waals surface area contributed by atoms with Crippen molar-refractivity contribution in [1.29, 1.82) is 0 Å². The lowest BCUT2D eigenvalue weighted by atomic mass is 9.99. The van der Waals surface area contributed by atoms with E-state index < -0.39 is 11.2 Å². The number of aromatic nitrogens is 4. The largest absolute Gasteiger partial charge is 0.444 e. The van der Waals surface area contributed by atoms with Crippen LogP contribution in [0.25, 0.3) is 44.2 Å². The summed E-state index contributed by atoms with van der Waals surface area (Å²) < 4.78 is 11.4. The lowest BCUT2D eigenvalue weighted by Gasteiger charge is -2.29. The summed E-state index contributed by atoms with van der Waals surface area (Å²) in [7, 11) is 0. The zero-order chi connectivity index (χ0) is 34.7. The van der Waals surface area contributed by atoms with Crippen LogP contribution in [0.2, 0.25) is 0 Å². The number of carbonyl (C=O) groups excluding carboxylic acids is 2. The first-order chi connectivity index (χ1) is 23.2. The van der Waals surface area contributed by atoms with Crippen LogP contribution in [-0.2, 0) is 9.47 Å². The van der Waals surface area contributed by atoms with Crippen LogP contribution in [0, 0.1) is 5.92 Å². The van der Waals surface area contributed by atoms with Gasteiger partial charge in [0.05, 0.1) is 35.0 Å². The number of hydrogen-bond acceptors (Lipinski definition) is 6. The van der Waals surface area contributed by atoms with Crippen molar-refractivity contribution < 1.29 is 19.1 Å². The molecule has 4 heterocycles. The Labute approximate surface area is 287 Å². The van der Waals surface area contributed by atoms with E-state index in [0.29, 0.717) is 13.1 Å². The van der Waals surface area contributed by atoms with Crippen LogP contribution >= 0.6 is 0 Å². The number of nitrogens with zero attached hydrogens (tertiary/aromatic N) is 4. The van der Waals surface area contributed by atoms with Crippen LogP contribution < -0.4 is 0 Å². The molecule has 256 valence electrons. The molecule has 0 radical (unpaired) electrons. The molecule has 2 aliphatic heterocycles. The number of fused-ring (bicyclic) bond motifs is 2. The number of aromatic amines is 2. The fourth-order valence-electron chi connectivity index (χ4n) is 7.07. The van der Waals surface area contributed by atoms with E-state index in [1.54, 1.807) is 9.80 Å². The molecule has 10 heteroatoms. The molecule has 2 aromatic heterocycles. The van der Waals surface area contributed by atoms with E-state index in [2.05, 4.69) is 65.4 Å². The molecule has 2 fully saturated rings. The van der Waals surface area contributed by atoms with Gasteiger partial charge in [0.25, 0.3) is 0 Å². The molecule has 0 bridgehead atoms. The van der Waals surface area contributed by atoms with Gasteiger partial charge in [-0.1, -0.05) is 37.3 Å². The molecule has 2 amide bonds. The smallest absolute Gasteiger partial charge is 0.410 e. The Bertz CT molecular complexity index is 2030. The Morgan fingerprint density at radius 3 is 2.10 bits per heavy atom. The summed E-state index contributed by atoms with van der Waals surface area (Å²) >= 11 is 0. The monoisotopic (exact) mass is 662 g/mol. The maximum absolute atomic E-state index is 13.0. The maximum atomic E-state index is 13.0. The molecule has 2 saturated heterocycles. The maximum Gasteiger partial charge on any atom is 0.410 e. The van der Waals surface area contributed by atoms with Crippen molar-refractivity contribution in [3.05, 3.63) is 72.4 Å². The van der Waals surface area contributed by atoms with Gasteiger partial charge in [-0.3, -0.25) is 9.80 Å². The molecule has 0 unspecified atom stereocenters. The van der Waals surface area contributed by atoms with E-state index in [1.165, 1.54) is 0 Å². The number of rotatable bonds is 4. The minimum absolute atomic E-state index is 0.128. The van der Waals surface area contributed by atoms with E-state index >= 15 is 0 Å². The highest BCUT2D eigenvalue weighted by molar-refractivity contribution is 5.92. The zero-order valence-corrected chi connectivity index (χ0v) is 29.5. The summed E-state index contributed by atoms with van der Waals surface area (Å²) in [5, 5.41) is 2.25. The highest BCUT2D eigenvalue weighted by Gasteiger charge is 2.40. The summed E-state index contributed by atoms with van der Waals surface area (Å²) in [4.78, 5) is 46.1. The average Bonchev–Trinajstić information content (AvgIpc) is 3.84. The first-order valence-electron chi connectivity index (χ1n) is 17.3. The topological polar surface area (TPSA) is 116 Å². The number of nitrogens with one attached hydrogen (secondary N) is 2. The number of H-pyrrole nitrogens is 2. The third-order valence-electron chi connectivity index (χ3n) is 9.38. The normalized spacial score (nSPS) is 20.0. The van der Waals surface area contributed by atoms with E-state index in [0.717, 1.165) is 75.1 Å². The quantitative estimate of drug-likeness (QED) is 0.198. The molecule has 3 aromatic carbocycles. The molecule has 49 heavy (non-hydrogen) atoms. The van der Waals surface area contributed by atoms with Gasteiger partial charge in [-0.25, -0.2) is 19.6 Å². The number of carbonyl (C=O) groups is 2. The van der Waals surface area contributed by atoms with Crippen LogP contribution in [-0.4, -0.2) is 66.2 Å². The van der Waals surface area contributed by atoms with Crippen LogP contribution in [0.5, 0.6) is 0 Å². The fraction of sp³-hybridized carbons (Fsp3) is 0.436. The summed E-state index contributed by atoms with van der Waals surface area (Å²) in [6.45, 7) is 14.8. The van der Waals surface area contributed by atoms with Crippen molar-refractivity contribution in [2.45, 2.75) is 91.0 Å². The summed E-state index contributed by atoms with van der Waals surface area (Å²) in [6.07, 6.45) is 3.93. The van der Waals surface area contributed by atoms with Gasteiger partial charge in [0.15, 0.2) is 0 Å². The van der Waals surface area contributed by atoms with E-state index in [-0.39, 0.29) is 30.2 Å². The van der Waals surface area contributed by atoms with Gasteiger partial charge >= 0.3 is 12.2 Å². The van der Waals surface area contributed by atoms with E-state index in [4.69, 9.17) is 19.4 Å². The average molecular weight is 663 g/mol. The number of amides is 2. The molecular weight excluding hydrogens is 616 g/mol. The summed E-state index contributed by atoms with van der Waals surface area (Å²) in [5.74, 6) is 1.84. The molecule has 2 aliphatic rings. The van der Waals surface area contributed by atoms with Crippen molar-refractivity contribution in [2.24, 2.45) is 5.92 Å². The van der Waals surface area contributed by atoms with Crippen LogP contribution in [0.3, 0.4) is 0 Å². The minimum atomic E-state index is -0.551. The van der Waals surface area contributed by atoms with Gasteiger partial charge in [-0.15, -0.1) is 0 Å². The molecular formula is C39H46N6O4. The van der Waals surface area contributed by atoms with E-state index in [9.17, 15) is 9.59 Å². The van der Waals surface area contributed by atoms with Crippen molar-refractivity contribution in [2.75, 3.05) is 13.1 Å². The first kappa shape index (κ1) is 32.7. The van der Waals surface area contributed by atoms with E-state index in [1.807, 2.05) is 53.8 Å². The third kappa shape index (κ3) is 6.73. The Balaban J connectivity index is 1.10. The SMILES string of the molecule is C[C@@H]1CCN(C(=O)OC(C)(C)C)[C@@H]1c1ncc(-c2ccc3cc(-c4ccc5nc([C@@H]6CCCN6C(=O)OC(C)(C)C)[nH]c5c4)ccc3c2)[nH]1. The lowest BCUT2D eigenvalue weighted by molar-refractivity contribution is 0.0197. The van der Waals surface area contributed by atoms with Crippen molar-refractivity contribution in [3.63, 3.8) is 0 Å². The molecule has 0 aliphatic carbocycles. The van der Waals surface area contributed by atoms with Crippen LogP contribution in [0.15, 0.2) is 60.8 Å². The molecule has 7 rings (SSSR count). The highest BCUT2D eigenvalue weighted by atomic mass is 16.6. The zero-order valence-electron chi connectivity index (χ0n) is 29.5. The number of likely N-dealkylation sites (tertiary alicyclic amines) is 2. The van der Waals surface area contributed by atoms with Crippen molar-refractivity contribution in [1.82, 2.24) is 29.7 Å². The number of ether oxygens (including phenoxy) is 2. The molecule has 5 aromatic rings.